The highest BCUT2D eigenvalue weighted by atomic mass is 16.1. The van der Waals surface area contributed by atoms with Gasteiger partial charge in [0.2, 0.25) is 0 Å². The molecule has 2 N–H and O–H groups in total. The molecule has 0 aliphatic heterocycles. The van der Waals surface area contributed by atoms with Crippen LogP contribution in [-0.2, 0) is 6.54 Å². The highest BCUT2D eigenvalue weighted by Gasteiger charge is 2.08. The molecule has 2 rings (SSSR count). The third-order valence-electron chi connectivity index (χ3n) is 3.68. The molecule has 1 heterocycles. The Balaban J connectivity index is 2.28. The summed E-state index contributed by atoms with van der Waals surface area (Å²) in [5.74, 6) is 0.543. The van der Waals surface area contributed by atoms with E-state index in [4.69, 9.17) is 5.73 Å². The number of benzene rings is 1. The fourth-order valence-corrected chi connectivity index (χ4v) is 2.53. The minimum absolute atomic E-state index is 0.00755. The molecule has 0 atom stereocenters. The molecule has 0 fully saturated rings. The first-order valence-electron chi connectivity index (χ1n) is 7.27. The van der Waals surface area contributed by atoms with Gasteiger partial charge in [-0.05, 0) is 37.0 Å². The maximum atomic E-state index is 12.5. The van der Waals surface area contributed by atoms with Gasteiger partial charge in [-0.2, -0.15) is 0 Å². The molecule has 4 heteroatoms. The van der Waals surface area contributed by atoms with E-state index >= 15 is 0 Å². The molecular weight excluding hydrogens is 250 g/mol. The van der Waals surface area contributed by atoms with Crippen molar-refractivity contribution in [1.29, 1.82) is 0 Å². The van der Waals surface area contributed by atoms with Gasteiger partial charge in [-0.25, -0.2) is 0 Å². The molecule has 0 amide bonds. The Hall–Kier alpha value is -1.81. The Morgan fingerprint density at radius 3 is 2.65 bits per heavy atom. The van der Waals surface area contributed by atoms with Gasteiger partial charge < -0.3 is 10.6 Å². The highest BCUT2D eigenvalue weighted by molar-refractivity contribution is 5.83. The van der Waals surface area contributed by atoms with Crippen molar-refractivity contribution in [3.8, 4) is 0 Å². The maximum absolute atomic E-state index is 12.5. The SMILES string of the molecule is CCCN(CC)CCn1c(N)cc2ccccc2c1=O. The molecule has 108 valence electrons. The normalized spacial score (nSPS) is 11.3. The monoisotopic (exact) mass is 273 g/mol. The number of aromatic nitrogens is 1. The standard InChI is InChI=1S/C16H23N3O/c1-3-9-18(4-2)10-11-19-15(17)12-13-7-5-6-8-14(13)16(19)20/h5-8,12H,3-4,9-11,17H2,1-2H3. The lowest BCUT2D eigenvalue weighted by Crippen LogP contribution is -2.32. The topological polar surface area (TPSA) is 51.3 Å². The Labute approximate surface area is 119 Å². The molecule has 0 aliphatic rings. The maximum Gasteiger partial charge on any atom is 0.260 e. The van der Waals surface area contributed by atoms with Gasteiger partial charge in [0.1, 0.15) is 5.82 Å². The third kappa shape index (κ3) is 3.02. The highest BCUT2D eigenvalue weighted by Crippen LogP contribution is 2.13. The van der Waals surface area contributed by atoms with Gasteiger partial charge in [-0.1, -0.05) is 32.0 Å². The van der Waals surface area contributed by atoms with Crippen LogP contribution in [0.15, 0.2) is 35.1 Å². The van der Waals surface area contributed by atoms with Crippen molar-refractivity contribution in [3.63, 3.8) is 0 Å². The van der Waals surface area contributed by atoms with Crippen LogP contribution in [0.4, 0.5) is 5.82 Å². The number of likely N-dealkylation sites (N-methyl/N-ethyl adjacent to an activating group) is 1. The van der Waals surface area contributed by atoms with Crippen LogP contribution in [0.5, 0.6) is 0 Å². The summed E-state index contributed by atoms with van der Waals surface area (Å²) in [4.78, 5) is 14.8. The summed E-state index contributed by atoms with van der Waals surface area (Å²) in [7, 11) is 0. The van der Waals surface area contributed by atoms with Gasteiger partial charge in [0, 0.05) is 18.5 Å². The molecule has 0 aliphatic carbocycles. The predicted octanol–water partition coefficient (Wildman–Crippen LogP) is 2.32. The van der Waals surface area contributed by atoms with E-state index < -0.39 is 0 Å². The van der Waals surface area contributed by atoms with Crippen LogP contribution in [-0.4, -0.2) is 29.1 Å². The average molecular weight is 273 g/mol. The van der Waals surface area contributed by atoms with Crippen LogP contribution in [0.1, 0.15) is 20.3 Å². The van der Waals surface area contributed by atoms with Gasteiger partial charge in [-0.15, -0.1) is 0 Å². The number of anilines is 1. The molecular formula is C16H23N3O. The summed E-state index contributed by atoms with van der Waals surface area (Å²) < 4.78 is 1.68. The van der Waals surface area contributed by atoms with Crippen molar-refractivity contribution < 1.29 is 0 Å². The lowest BCUT2D eigenvalue weighted by atomic mass is 10.1. The number of pyridine rings is 1. The summed E-state index contributed by atoms with van der Waals surface area (Å²) in [5.41, 5.74) is 6.04. The van der Waals surface area contributed by atoms with Gasteiger partial charge in [-0.3, -0.25) is 9.36 Å². The number of nitrogens with zero attached hydrogens (tertiary/aromatic N) is 2. The molecule has 4 nitrogen and oxygen atoms in total. The van der Waals surface area contributed by atoms with Crippen LogP contribution in [0.25, 0.3) is 10.8 Å². The van der Waals surface area contributed by atoms with E-state index in [-0.39, 0.29) is 5.56 Å². The Kier molecular flexibility index (Phi) is 4.79. The number of hydrogen-bond donors (Lipinski definition) is 1. The zero-order valence-electron chi connectivity index (χ0n) is 12.3. The second-order valence-electron chi connectivity index (χ2n) is 5.05. The predicted molar refractivity (Wildman–Crippen MR) is 85.0 cm³/mol. The molecule has 0 unspecified atom stereocenters. The van der Waals surface area contributed by atoms with E-state index in [0.717, 1.165) is 36.8 Å². The summed E-state index contributed by atoms with van der Waals surface area (Å²) in [6.45, 7) is 7.85. The zero-order chi connectivity index (χ0) is 14.5. The van der Waals surface area contributed by atoms with Crippen molar-refractivity contribution in [2.45, 2.75) is 26.8 Å². The lowest BCUT2D eigenvalue weighted by molar-refractivity contribution is 0.276. The minimum Gasteiger partial charge on any atom is -0.385 e. The number of hydrogen-bond acceptors (Lipinski definition) is 3. The van der Waals surface area contributed by atoms with Crippen LogP contribution < -0.4 is 11.3 Å². The smallest absolute Gasteiger partial charge is 0.260 e. The summed E-state index contributed by atoms with van der Waals surface area (Å²) in [5, 5.41) is 1.65. The van der Waals surface area contributed by atoms with Crippen LogP contribution >= 0.6 is 0 Å². The molecule has 1 aromatic heterocycles. The largest absolute Gasteiger partial charge is 0.385 e. The summed E-state index contributed by atoms with van der Waals surface area (Å²) in [6.07, 6.45) is 1.12. The molecule has 1 aromatic carbocycles. The van der Waals surface area contributed by atoms with E-state index in [0.29, 0.717) is 12.4 Å². The second-order valence-corrected chi connectivity index (χ2v) is 5.05. The molecule has 20 heavy (non-hydrogen) atoms. The third-order valence-corrected chi connectivity index (χ3v) is 3.68. The van der Waals surface area contributed by atoms with Crippen LogP contribution in [0.3, 0.4) is 0 Å². The van der Waals surface area contributed by atoms with Gasteiger partial charge in [0.05, 0.1) is 0 Å². The molecule has 0 radical (unpaired) electrons. The Morgan fingerprint density at radius 2 is 1.95 bits per heavy atom. The van der Waals surface area contributed by atoms with Crippen LogP contribution in [0.2, 0.25) is 0 Å². The van der Waals surface area contributed by atoms with Gasteiger partial charge >= 0.3 is 0 Å². The molecule has 0 spiro atoms. The summed E-state index contributed by atoms with van der Waals surface area (Å²) in [6, 6.07) is 9.47. The van der Waals surface area contributed by atoms with Crippen molar-refractivity contribution >= 4 is 16.6 Å². The number of rotatable bonds is 6. The molecule has 0 bridgehead atoms. The first kappa shape index (κ1) is 14.6. The van der Waals surface area contributed by atoms with E-state index in [9.17, 15) is 4.79 Å². The van der Waals surface area contributed by atoms with Crippen molar-refractivity contribution in [1.82, 2.24) is 9.47 Å². The first-order chi connectivity index (χ1) is 9.67. The van der Waals surface area contributed by atoms with Crippen LogP contribution in [0, 0.1) is 0 Å². The molecule has 0 saturated heterocycles. The Morgan fingerprint density at radius 1 is 1.20 bits per heavy atom. The molecule has 2 aromatic rings. The zero-order valence-corrected chi connectivity index (χ0v) is 12.3. The van der Waals surface area contributed by atoms with Gasteiger partial charge in [0.15, 0.2) is 0 Å². The van der Waals surface area contributed by atoms with Crippen molar-refractivity contribution in [2.24, 2.45) is 0 Å². The first-order valence-corrected chi connectivity index (χ1v) is 7.27. The number of nitrogen functional groups attached to an aromatic ring is 1. The number of nitrogens with two attached hydrogens (primary N) is 1. The van der Waals surface area contributed by atoms with Gasteiger partial charge in [0.25, 0.3) is 5.56 Å². The Bertz CT molecular complexity index is 633. The number of fused-ring (bicyclic) bond motifs is 1. The minimum atomic E-state index is 0.00755. The van der Waals surface area contributed by atoms with Crippen molar-refractivity contribution in [2.75, 3.05) is 25.4 Å². The average Bonchev–Trinajstić information content (AvgIpc) is 2.45. The van der Waals surface area contributed by atoms with E-state index in [2.05, 4.69) is 18.7 Å². The fourth-order valence-electron chi connectivity index (χ4n) is 2.53. The fraction of sp³-hybridized carbons (Fsp3) is 0.438. The van der Waals surface area contributed by atoms with E-state index in [1.54, 1.807) is 4.57 Å². The molecule has 0 saturated carbocycles. The quantitative estimate of drug-likeness (QED) is 0.878. The summed E-state index contributed by atoms with van der Waals surface area (Å²) >= 11 is 0. The second kappa shape index (κ2) is 6.57. The lowest BCUT2D eigenvalue weighted by Gasteiger charge is -2.20. The van der Waals surface area contributed by atoms with E-state index in [1.165, 1.54) is 0 Å². The van der Waals surface area contributed by atoms with Crippen molar-refractivity contribution in [3.05, 3.63) is 40.7 Å². The van der Waals surface area contributed by atoms with E-state index in [1.807, 2.05) is 30.3 Å².